The molecule has 0 radical (unpaired) electrons. The van der Waals surface area contributed by atoms with Gasteiger partial charge >= 0.3 is 12.1 Å². The number of halogens is 4. The third kappa shape index (κ3) is 3.97. The second-order valence-corrected chi connectivity index (χ2v) is 5.41. The van der Waals surface area contributed by atoms with Crippen LogP contribution in [-0.2, 0) is 22.1 Å². The molecule has 2 unspecified atom stereocenters. The van der Waals surface area contributed by atoms with Crippen LogP contribution in [-0.4, -0.2) is 25.7 Å². The highest BCUT2D eigenvalue weighted by molar-refractivity contribution is 5.72. The lowest BCUT2D eigenvalue weighted by atomic mass is 9.89. The van der Waals surface area contributed by atoms with Crippen LogP contribution >= 0.6 is 0 Å². The van der Waals surface area contributed by atoms with E-state index in [0.29, 0.717) is 31.4 Å². The maximum Gasteiger partial charge on any atom is 0.419 e. The summed E-state index contributed by atoms with van der Waals surface area (Å²) >= 11 is 0. The number of rotatable bonds is 3. The molecule has 1 heterocycles. The minimum absolute atomic E-state index is 0.0889. The highest BCUT2D eigenvalue weighted by atomic mass is 19.4. The molecule has 2 rings (SSSR count). The SMILES string of the molecule is COC(=O)C1CCNC(Cc2ccc(C(F)(F)F)c(F)c2)C1. The number of hydrogen-bond acceptors (Lipinski definition) is 3. The van der Waals surface area contributed by atoms with Crippen molar-refractivity contribution >= 4 is 5.97 Å². The highest BCUT2D eigenvalue weighted by Gasteiger charge is 2.34. The number of nitrogens with one attached hydrogen (secondary N) is 1. The van der Waals surface area contributed by atoms with Crippen molar-refractivity contribution in [2.45, 2.75) is 31.5 Å². The molecule has 22 heavy (non-hydrogen) atoms. The largest absolute Gasteiger partial charge is 0.469 e. The zero-order valence-corrected chi connectivity index (χ0v) is 12.0. The van der Waals surface area contributed by atoms with Crippen LogP contribution in [0.1, 0.15) is 24.0 Å². The van der Waals surface area contributed by atoms with Gasteiger partial charge in [0, 0.05) is 6.04 Å². The summed E-state index contributed by atoms with van der Waals surface area (Å²) in [5, 5.41) is 3.19. The van der Waals surface area contributed by atoms with E-state index in [2.05, 4.69) is 5.32 Å². The third-order valence-electron chi connectivity index (χ3n) is 3.85. The second-order valence-electron chi connectivity index (χ2n) is 5.41. The summed E-state index contributed by atoms with van der Waals surface area (Å²) in [5.41, 5.74) is -0.797. The van der Waals surface area contributed by atoms with Crippen molar-refractivity contribution in [3.8, 4) is 0 Å². The zero-order valence-electron chi connectivity index (χ0n) is 12.0. The molecule has 1 N–H and O–H groups in total. The molecule has 0 bridgehead atoms. The summed E-state index contributed by atoms with van der Waals surface area (Å²) in [6, 6.07) is 2.85. The zero-order chi connectivity index (χ0) is 16.3. The molecule has 0 aliphatic carbocycles. The maximum atomic E-state index is 13.5. The van der Waals surface area contributed by atoms with Crippen molar-refractivity contribution in [2.75, 3.05) is 13.7 Å². The number of esters is 1. The summed E-state index contributed by atoms with van der Waals surface area (Å²) in [6.45, 7) is 0.619. The van der Waals surface area contributed by atoms with E-state index in [4.69, 9.17) is 4.74 Å². The van der Waals surface area contributed by atoms with E-state index in [-0.39, 0.29) is 17.9 Å². The summed E-state index contributed by atoms with van der Waals surface area (Å²) in [7, 11) is 1.32. The number of ether oxygens (including phenoxy) is 1. The number of hydrogen-bond donors (Lipinski definition) is 1. The number of alkyl halides is 3. The predicted molar refractivity (Wildman–Crippen MR) is 71.6 cm³/mol. The van der Waals surface area contributed by atoms with E-state index in [9.17, 15) is 22.4 Å². The van der Waals surface area contributed by atoms with Gasteiger partial charge in [-0.25, -0.2) is 4.39 Å². The van der Waals surface area contributed by atoms with Crippen molar-refractivity contribution in [1.82, 2.24) is 5.32 Å². The van der Waals surface area contributed by atoms with Gasteiger partial charge in [-0.15, -0.1) is 0 Å². The normalized spacial score (nSPS) is 22.4. The monoisotopic (exact) mass is 319 g/mol. The van der Waals surface area contributed by atoms with Gasteiger partial charge in [0.1, 0.15) is 5.82 Å². The Hall–Kier alpha value is -1.63. The van der Waals surface area contributed by atoms with Gasteiger partial charge in [-0.1, -0.05) is 6.07 Å². The van der Waals surface area contributed by atoms with E-state index in [1.807, 2.05) is 0 Å². The Labute approximate surface area is 125 Å². The fourth-order valence-electron chi connectivity index (χ4n) is 2.74. The lowest BCUT2D eigenvalue weighted by Crippen LogP contribution is -2.42. The fraction of sp³-hybridized carbons (Fsp3) is 0.533. The van der Waals surface area contributed by atoms with Gasteiger partial charge in [0.2, 0.25) is 0 Å². The number of piperidine rings is 1. The van der Waals surface area contributed by atoms with Crippen LogP contribution in [0, 0.1) is 11.7 Å². The first-order chi connectivity index (χ1) is 10.3. The number of methoxy groups -OCH3 is 1. The van der Waals surface area contributed by atoms with Crippen LogP contribution in [0.3, 0.4) is 0 Å². The van der Waals surface area contributed by atoms with Crippen LogP contribution in [0.25, 0.3) is 0 Å². The van der Waals surface area contributed by atoms with E-state index >= 15 is 0 Å². The standard InChI is InChI=1S/C15H17F4NO2/c1-22-14(21)10-4-5-20-11(8-10)6-9-2-3-12(13(16)7-9)15(17,18)19/h2-3,7,10-11,20H,4-6,8H2,1H3. The maximum absolute atomic E-state index is 13.5. The van der Waals surface area contributed by atoms with Gasteiger partial charge < -0.3 is 10.1 Å². The van der Waals surface area contributed by atoms with Crippen molar-refractivity contribution in [1.29, 1.82) is 0 Å². The predicted octanol–water partition coefficient (Wildman–Crippen LogP) is 2.93. The van der Waals surface area contributed by atoms with Crippen LogP contribution < -0.4 is 5.32 Å². The second kappa shape index (κ2) is 6.64. The van der Waals surface area contributed by atoms with Crippen molar-refractivity contribution in [2.24, 2.45) is 5.92 Å². The lowest BCUT2D eigenvalue weighted by molar-refractivity contribution is -0.146. The molecule has 0 saturated carbocycles. The molecule has 2 atom stereocenters. The fourth-order valence-corrected chi connectivity index (χ4v) is 2.74. The van der Waals surface area contributed by atoms with E-state index in [0.717, 1.165) is 12.1 Å². The average molecular weight is 319 g/mol. The Balaban J connectivity index is 2.05. The summed E-state index contributed by atoms with van der Waals surface area (Å²) in [5.74, 6) is -1.79. The van der Waals surface area contributed by atoms with E-state index in [1.165, 1.54) is 13.2 Å². The Bertz CT molecular complexity index is 545. The quantitative estimate of drug-likeness (QED) is 0.688. The van der Waals surface area contributed by atoms with E-state index < -0.39 is 17.6 Å². The molecule has 1 aromatic rings. The third-order valence-corrected chi connectivity index (χ3v) is 3.85. The molecule has 122 valence electrons. The van der Waals surface area contributed by atoms with Crippen LogP contribution in [0.15, 0.2) is 18.2 Å². The molecular formula is C15H17F4NO2. The molecule has 1 aliphatic rings. The van der Waals surface area contributed by atoms with Crippen LogP contribution in [0.5, 0.6) is 0 Å². The molecular weight excluding hydrogens is 302 g/mol. The molecule has 0 amide bonds. The van der Waals surface area contributed by atoms with Gasteiger partial charge in [-0.05, 0) is 43.5 Å². The number of benzene rings is 1. The van der Waals surface area contributed by atoms with Crippen molar-refractivity contribution in [3.05, 3.63) is 35.1 Å². The topological polar surface area (TPSA) is 38.3 Å². The van der Waals surface area contributed by atoms with Gasteiger partial charge in [0.25, 0.3) is 0 Å². The van der Waals surface area contributed by atoms with E-state index in [1.54, 1.807) is 0 Å². The highest BCUT2D eigenvalue weighted by Crippen LogP contribution is 2.32. The molecule has 0 aromatic heterocycles. The van der Waals surface area contributed by atoms with Crippen molar-refractivity contribution < 1.29 is 27.1 Å². The first-order valence-electron chi connectivity index (χ1n) is 6.98. The first-order valence-corrected chi connectivity index (χ1v) is 6.98. The average Bonchev–Trinajstić information content (AvgIpc) is 2.45. The Morgan fingerprint density at radius 3 is 2.73 bits per heavy atom. The summed E-state index contributed by atoms with van der Waals surface area (Å²) < 4.78 is 55.8. The molecule has 3 nitrogen and oxygen atoms in total. The Kier molecular flexibility index (Phi) is 5.05. The smallest absolute Gasteiger partial charge is 0.419 e. The minimum Gasteiger partial charge on any atom is -0.469 e. The Morgan fingerprint density at radius 2 is 2.14 bits per heavy atom. The van der Waals surface area contributed by atoms with Gasteiger partial charge in [0.15, 0.2) is 0 Å². The number of carbonyl (C=O) groups is 1. The Morgan fingerprint density at radius 1 is 1.41 bits per heavy atom. The lowest BCUT2D eigenvalue weighted by Gasteiger charge is -2.29. The first kappa shape index (κ1) is 16.7. The van der Waals surface area contributed by atoms with Gasteiger partial charge in [-0.3, -0.25) is 4.79 Å². The van der Waals surface area contributed by atoms with Crippen LogP contribution in [0.2, 0.25) is 0 Å². The minimum atomic E-state index is -4.69. The van der Waals surface area contributed by atoms with Gasteiger partial charge in [-0.2, -0.15) is 13.2 Å². The molecule has 1 aliphatic heterocycles. The molecule has 1 saturated heterocycles. The number of carbonyl (C=O) groups excluding carboxylic acids is 1. The summed E-state index contributed by atoms with van der Waals surface area (Å²) in [4.78, 5) is 11.5. The molecule has 1 fully saturated rings. The van der Waals surface area contributed by atoms with Crippen molar-refractivity contribution in [3.63, 3.8) is 0 Å². The van der Waals surface area contributed by atoms with Crippen LogP contribution in [0.4, 0.5) is 17.6 Å². The molecule has 7 heteroatoms. The summed E-state index contributed by atoms with van der Waals surface area (Å²) in [6.07, 6.45) is -3.15. The molecule has 1 aromatic carbocycles. The van der Waals surface area contributed by atoms with Gasteiger partial charge in [0.05, 0.1) is 18.6 Å². The molecule has 0 spiro atoms.